The molecule has 1 aromatic carbocycles. The minimum absolute atomic E-state index is 0.0295. The van der Waals surface area contributed by atoms with Gasteiger partial charge in [0.2, 0.25) is 17.7 Å². The summed E-state index contributed by atoms with van der Waals surface area (Å²) in [7, 11) is 0. The van der Waals surface area contributed by atoms with Gasteiger partial charge in [0.15, 0.2) is 0 Å². The highest BCUT2D eigenvalue weighted by atomic mass is 32.1. The minimum Gasteiger partial charge on any atom is -0.421 e. The number of hydrogen-bond acceptors (Lipinski definition) is 6. The number of thiophene rings is 1. The molecule has 6 nitrogen and oxygen atoms in total. The van der Waals surface area contributed by atoms with Crippen LogP contribution in [0.2, 0.25) is 0 Å². The summed E-state index contributed by atoms with van der Waals surface area (Å²) in [4.78, 5) is 14.7. The summed E-state index contributed by atoms with van der Waals surface area (Å²) in [6.45, 7) is 2.72. The third-order valence-corrected chi connectivity index (χ3v) is 5.75. The lowest BCUT2D eigenvalue weighted by Crippen LogP contribution is -2.39. The normalized spacial score (nSPS) is 17.1. The topological polar surface area (TPSA) is 71.3 Å². The molecule has 1 aliphatic rings. The Morgan fingerprint density at radius 2 is 2.14 bits per heavy atom. The number of aromatic nitrogens is 2. The van der Waals surface area contributed by atoms with Gasteiger partial charge in [0.1, 0.15) is 0 Å². The predicted molar refractivity (Wildman–Crippen MR) is 109 cm³/mol. The highest BCUT2D eigenvalue weighted by Crippen LogP contribution is 2.21. The molecule has 1 saturated heterocycles. The van der Waals surface area contributed by atoms with E-state index in [0.717, 1.165) is 25.1 Å². The number of nitrogens with zero attached hydrogens (tertiary/aromatic N) is 3. The van der Waals surface area contributed by atoms with Gasteiger partial charge in [-0.1, -0.05) is 30.3 Å². The van der Waals surface area contributed by atoms with Crippen molar-refractivity contribution >= 4 is 17.2 Å². The summed E-state index contributed by atoms with van der Waals surface area (Å²) in [6, 6.07) is 12.8. The predicted octanol–water partition coefficient (Wildman–Crippen LogP) is 3.51. The molecule has 2 aromatic heterocycles. The van der Waals surface area contributed by atoms with E-state index in [9.17, 15) is 4.79 Å². The second kappa shape index (κ2) is 9.12. The number of carbonyl (C=O) groups excluding carboxylic acids is 1. The Labute approximate surface area is 168 Å². The Morgan fingerprint density at radius 1 is 1.25 bits per heavy atom. The van der Waals surface area contributed by atoms with Crippen molar-refractivity contribution in [3.63, 3.8) is 0 Å². The van der Waals surface area contributed by atoms with Crippen molar-refractivity contribution in [2.24, 2.45) is 0 Å². The van der Waals surface area contributed by atoms with Crippen molar-refractivity contribution in [2.75, 3.05) is 13.1 Å². The van der Waals surface area contributed by atoms with Crippen molar-refractivity contribution in [2.45, 2.75) is 38.3 Å². The average Bonchev–Trinajstić information content (AvgIpc) is 3.47. The van der Waals surface area contributed by atoms with E-state index in [1.54, 1.807) is 11.3 Å². The number of likely N-dealkylation sites (tertiary alicyclic amines) is 1. The van der Waals surface area contributed by atoms with E-state index < -0.39 is 0 Å². The van der Waals surface area contributed by atoms with E-state index in [2.05, 4.69) is 44.7 Å². The zero-order valence-electron chi connectivity index (χ0n) is 15.7. The lowest BCUT2D eigenvalue weighted by Gasteiger charge is -2.24. The zero-order chi connectivity index (χ0) is 19.2. The van der Waals surface area contributed by atoms with Gasteiger partial charge in [-0.25, -0.2) is 0 Å². The summed E-state index contributed by atoms with van der Waals surface area (Å²) >= 11 is 1.59. The van der Waals surface area contributed by atoms with E-state index in [0.29, 0.717) is 37.2 Å². The smallest absolute Gasteiger partial charge is 0.248 e. The van der Waals surface area contributed by atoms with Gasteiger partial charge in [0.05, 0.1) is 0 Å². The highest BCUT2D eigenvalue weighted by Gasteiger charge is 2.24. The van der Waals surface area contributed by atoms with Crippen LogP contribution >= 0.6 is 11.3 Å². The Hall–Kier alpha value is -2.51. The van der Waals surface area contributed by atoms with Crippen molar-refractivity contribution in [3.8, 4) is 11.5 Å². The molecular weight excluding hydrogens is 372 g/mol. The first-order valence-corrected chi connectivity index (χ1v) is 10.6. The van der Waals surface area contributed by atoms with E-state index in [1.807, 2.05) is 22.9 Å². The quantitative estimate of drug-likeness (QED) is 0.631. The number of benzene rings is 1. The number of nitrogens with one attached hydrogen (secondary N) is 1. The van der Waals surface area contributed by atoms with Crippen molar-refractivity contribution in [3.05, 3.63) is 58.6 Å². The van der Waals surface area contributed by atoms with Gasteiger partial charge in [-0.05, 0) is 36.4 Å². The van der Waals surface area contributed by atoms with E-state index >= 15 is 0 Å². The molecule has 0 saturated carbocycles. The molecule has 0 bridgehead atoms. The van der Waals surface area contributed by atoms with Crippen LogP contribution in [0.25, 0.3) is 11.5 Å². The summed E-state index contributed by atoms with van der Waals surface area (Å²) in [6.07, 6.45) is 3.12. The van der Waals surface area contributed by atoms with Crippen LogP contribution in [0, 0.1) is 0 Å². The average molecular weight is 397 g/mol. The number of aryl methyl sites for hydroxylation is 1. The summed E-state index contributed by atoms with van der Waals surface area (Å²) < 4.78 is 5.64. The first-order valence-electron chi connectivity index (χ1n) is 9.67. The molecule has 1 atom stereocenters. The number of rotatable bonds is 8. The Kier molecular flexibility index (Phi) is 6.14. The number of carbonyl (C=O) groups is 1. The maximum absolute atomic E-state index is 12.3. The van der Waals surface area contributed by atoms with Gasteiger partial charge in [-0.15, -0.1) is 10.2 Å². The molecule has 0 radical (unpaired) electrons. The highest BCUT2D eigenvalue weighted by molar-refractivity contribution is 7.08. The summed E-state index contributed by atoms with van der Waals surface area (Å²) in [5, 5.41) is 15.1. The van der Waals surface area contributed by atoms with Gasteiger partial charge < -0.3 is 9.73 Å². The standard InChI is InChI=1S/C21H24N4O2S/c26-19(8-9-20-23-24-21(27-20)17-10-12-28-15-17)22-13-18-7-4-11-25(18)14-16-5-2-1-3-6-16/h1-3,5-6,10,12,15,18H,4,7-9,11,13-14H2,(H,22,26). The fourth-order valence-corrected chi connectivity index (χ4v) is 4.18. The Bertz CT molecular complexity index is 879. The molecule has 1 aliphatic heterocycles. The van der Waals surface area contributed by atoms with Gasteiger partial charge in [-0.3, -0.25) is 9.69 Å². The van der Waals surface area contributed by atoms with Crippen LogP contribution in [0.5, 0.6) is 0 Å². The van der Waals surface area contributed by atoms with Crippen molar-refractivity contribution < 1.29 is 9.21 Å². The molecule has 146 valence electrons. The van der Waals surface area contributed by atoms with Crippen molar-refractivity contribution in [1.29, 1.82) is 0 Å². The molecule has 1 N–H and O–H groups in total. The largest absolute Gasteiger partial charge is 0.421 e. The lowest BCUT2D eigenvalue weighted by molar-refractivity contribution is -0.121. The monoisotopic (exact) mass is 396 g/mol. The van der Waals surface area contributed by atoms with Crippen LogP contribution in [-0.4, -0.2) is 40.1 Å². The summed E-state index contributed by atoms with van der Waals surface area (Å²) in [5.74, 6) is 1.05. The molecule has 4 rings (SSSR count). The molecule has 1 unspecified atom stereocenters. The number of hydrogen-bond donors (Lipinski definition) is 1. The second-order valence-electron chi connectivity index (χ2n) is 7.07. The summed E-state index contributed by atoms with van der Waals surface area (Å²) in [5.41, 5.74) is 2.24. The van der Waals surface area contributed by atoms with Crippen LogP contribution < -0.4 is 5.32 Å². The molecule has 3 heterocycles. The molecule has 0 aliphatic carbocycles. The zero-order valence-corrected chi connectivity index (χ0v) is 16.5. The van der Waals surface area contributed by atoms with E-state index in [1.165, 1.54) is 12.0 Å². The fourth-order valence-electron chi connectivity index (χ4n) is 3.55. The molecule has 3 aromatic rings. The van der Waals surface area contributed by atoms with Crippen LogP contribution in [0.1, 0.15) is 30.7 Å². The third-order valence-electron chi connectivity index (χ3n) is 5.06. The third kappa shape index (κ3) is 4.85. The Morgan fingerprint density at radius 3 is 2.96 bits per heavy atom. The molecule has 1 amide bonds. The molecule has 28 heavy (non-hydrogen) atoms. The maximum Gasteiger partial charge on any atom is 0.248 e. The maximum atomic E-state index is 12.3. The van der Waals surface area contributed by atoms with Crippen molar-refractivity contribution in [1.82, 2.24) is 20.4 Å². The van der Waals surface area contributed by atoms with Crippen LogP contribution in [0.15, 0.2) is 51.6 Å². The van der Waals surface area contributed by atoms with Crippen LogP contribution in [0.3, 0.4) is 0 Å². The van der Waals surface area contributed by atoms with Gasteiger partial charge >= 0.3 is 0 Å². The SMILES string of the molecule is O=C(CCc1nnc(-c2ccsc2)o1)NCC1CCCN1Cc1ccccc1. The first-order chi connectivity index (χ1) is 13.8. The fraction of sp³-hybridized carbons (Fsp3) is 0.381. The van der Waals surface area contributed by atoms with Crippen LogP contribution in [0.4, 0.5) is 0 Å². The Balaban J connectivity index is 1.22. The number of amides is 1. The second-order valence-corrected chi connectivity index (χ2v) is 7.85. The minimum atomic E-state index is 0.0295. The van der Waals surface area contributed by atoms with Gasteiger partial charge in [-0.2, -0.15) is 11.3 Å². The molecular formula is C21H24N4O2S. The van der Waals surface area contributed by atoms with E-state index in [4.69, 9.17) is 4.42 Å². The van der Waals surface area contributed by atoms with E-state index in [-0.39, 0.29) is 5.91 Å². The molecule has 0 spiro atoms. The lowest BCUT2D eigenvalue weighted by atomic mass is 10.1. The van der Waals surface area contributed by atoms with Crippen LogP contribution in [-0.2, 0) is 17.8 Å². The van der Waals surface area contributed by atoms with Gasteiger partial charge in [0, 0.05) is 42.9 Å². The van der Waals surface area contributed by atoms with Gasteiger partial charge in [0.25, 0.3) is 0 Å². The molecule has 7 heteroatoms. The molecule has 1 fully saturated rings. The first kappa shape index (κ1) is 18.8.